The lowest BCUT2D eigenvalue weighted by Crippen LogP contribution is -2.42. The Labute approximate surface area is 88.4 Å². The Bertz CT molecular complexity index is 412. The van der Waals surface area contributed by atoms with Crippen LogP contribution < -0.4 is 0 Å². The Morgan fingerprint density at radius 2 is 2.47 bits per heavy atom. The Hall–Kier alpha value is -1.09. The molecule has 2 saturated heterocycles. The second-order valence-electron chi connectivity index (χ2n) is 4.94. The van der Waals surface area contributed by atoms with Crippen LogP contribution in [-0.2, 0) is 9.53 Å². The van der Waals surface area contributed by atoms with E-state index in [0.717, 1.165) is 18.5 Å². The van der Waals surface area contributed by atoms with Gasteiger partial charge < -0.3 is 4.74 Å². The first-order valence-corrected chi connectivity index (χ1v) is 5.69. The van der Waals surface area contributed by atoms with Crippen LogP contribution in [0.3, 0.4) is 0 Å². The lowest BCUT2D eigenvalue weighted by molar-refractivity contribution is -0.147. The number of carbonyl (C=O) groups is 1. The van der Waals surface area contributed by atoms with Gasteiger partial charge in [-0.15, -0.1) is 0 Å². The highest BCUT2D eigenvalue weighted by Crippen LogP contribution is 2.51. The van der Waals surface area contributed by atoms with Crippen molar-refractivity contribution >= 4 is 5.97 Å². The van der Waals surface area contributed by atoms with Gasteiger partial charge in [-0.3, -0.25) is 4.90 Å². The Morgan fingerprint density at radius 1 is 1.53 bits per heavy atom. The van der Waals surface area contributed by atoms with Crippen LogP contribution in [0.4, 0.5) is 0 Å². The van der Waals surface area contributed by atoms with Gasteiger partial charge in [0.25, 0.3) is 0 Å². The Morgan fingerprint density at radius 3 is 3.40 bits per heavy atom. The molecule has 0 N–H and O–H groups in total. The van der Waals surface area contributed by atoms with Crippen molar-refractivity contribution in [3.8, 4) is 0 Å². The molecule has 3 atom stereocenters. The lowest BCUT2D eigenvalue weighted by Gasteiger charge is -2.31. The summed E-state index contributed by atoms with van der Waals surface area (Å²) in [6, 6.07) is 0.941. The van der Waals surface area contributed by atoms with E-state index in [-0.39, 0.29) is 11.6 Å². The maximum absolute atomic E-state index is 11.4. The van der Waals surface area contributed by atoms with E-state index < -0.39 is 0 Å². The van der Waals surface area contributed by atoms with Crippen molar-refractivity contribution in [1.29, 1.82) is 0 Å². The molecule has 3 nitrogen and oxygen atoms in total. The molecule has 4 aliphatic rings. The third kappa shape index (κ3) is 0.797. The van der Waals surface area contributed by atoms with Crippen molar-refractivity contribution in [3.63, 3.8) is 0 Å². The van der Waals surface area contributed by atoms with E-state index in [9.17, 15) is 4.79 Å². The molecular formula is C12H13NO2. The minimum absolute atomic E-state index is 0.149. The molecule has 3 heteroatoms. The molecule has 15 heavy (non-hydrogen) atoms. The molecule has 3 heterocycles. The van der Waals surface area contributed by atoms with E-state index in [1.54, 1.807) is 6.08 Å². The van der Waals surface area contributed by atoms with Crippen molar-refractivity contribution in [1.82, 2.24) is 4.90 Å². The standard InChI is InChI=1S/C12H13NO2/c14-11-6-8-3-4-9-7-12(8,15-11)10-2-1-5-13(9)10/h3-4,6,9-10H,1-2,5,7H2/t9-,10-,12-/m0/s1. The van der Waals surface area contributed by atoms with Crippen LogP contribution in [0.5, 0.6) is 0 Å². The molecule has 1 aliphatic carbocycles. The minimum Gasteiger partial charge on any atom is -0.449 e. The lowest BCUT2D eigenvalue weighted by atomic mass is 9.81. The number of nitrogens with zero attached hydrogens (tertiary/aromatic N) is 1. The third-order valence-corrected chi connectivity index (χ3v) is 4.31. The fourth-order valence-electron chi connectivity index (χ4n) is 3.77. The van der Waals surface area contributed by atoms with Gasteiger partial charge >= 0.3 is 5.97 Å². The van der Waals surface area contributed by atoms with E-state index in [4.69, 9.17) is 4.74 Å². The largest absolute Gasteiger partial charge is 0.449 e. The number of esters is 1. The van der Waals surface area contributed by atoms with E-state index in [1.165, 1.54) is 12.8 Å². The van der Waals surface area contributed by atoms with Crippen molar-refractivity contribution in [3.05, 3.63) is 23.8 Å². The van der Waals surface area contributed by atoms with Crippen LogP contribution in [-0.4, -0.2) is 35.1 Å². The van der Waals surface area contributed by atoms with E-state index in [1.807, 2.05) is 0 Å². The molecule has 78 valence electrons. The molecule has 4 rings (SSSR count). The fraction of sp³-hybridized carbons (Fsp3) is 0.583. The molecule has 0 aromatic carbocycles. The molecule has 0 aromatic heterocycles. The zero-order chi connectivity index (χ0) is 10.0. The zero-order valence-electron chi connectivity index (χ0n) is 8.48. The highest BCUT2D eigenvalue weighted by atomic mass is 16.6. The molecule has 2 fully saturated rings. The predicted octanol–water partition coefficient (Wildman–Crippen LogP) is 1.01. The normalized spacial score (nSPS) is 46.4. The predicted molar refractivity (Wildman–Crippen MR) is 54.2 cm³/mol. The molecule has 0 radical (unpaired) electrons. The highest BCUT2D eigenvalue weighted by molar-refractivity contribution is 5.88. The molecule has 0 saturated carbocycles. The van der Waals surface area contributed by atoms with Gasteiger partial charge in [0.15, 0.2) is 5.60 Å². The summed E-state index contributed by atoms with van der Waals surface area (Å²) in [7, 11) is 0. The summed E-state index contributed by atoms with van der Waals surface area (Å²) < 4.78 is 5.63. The number of hydrogen-bond donors (Lipinski definition) is 0. The van der Waals surface area contributed by atoms with Gasteiger partial charge in [0, 0.05) is 24.1 Å². The van der Waals surface area contributed by atoms with Gasteiger partial charge in [-0.25, -0.2) is 4.79 Å². The third-order valence-electron chi connectivity index (χ3n) is 4.31. The van der Waals surface area contributed by atoms with E-state index in [0.29, 0.717) is 12.1 Å². The summed E-state index contributed by atoms with van der Waals surface area (Å²) in [4.78, 5) is 13.9. The van der Waals surface area contributed by atoms with Gasteiger partial charge in [0.2, 0.25) is 0 Å². The molecule has 0 aromatic rings. The van der Waals surface area contributed by atoms with E-state index >= 15 is 0 Å². The highest BCUT2D eigenvalue weighted by Gasteiger charge is 2.60. The SMILES string of the molecule is O=C1C=C2C=C[C@H]3C[C@@]2(O1)[C@@H]1CCCN13. The minimum atomic E-state index is -0.271. The Kier molecular flexibility index (Phi) is 1.27. The van der Waals surface area contributed by atoms with E-state index in [2.05, 4.69) is 17.1 Å². The number of fused-ring (bicyclic) bond motifs is 3. The summed E-state index contributed by atoms with van der Waals surface area (Å²) in [5.41, 5.74) is 0.839. The first-order valence-electron chi connectivity index (χ1n) is 5.69. The van der Waals surface area contributed by atoms with Crippen LogP contribution in [0.2, 0.25) is 0 Å². The molecule has 2 bridgehead atoms. The first-order chi connectivity index (χ1) is 7.29. The van der Waals surface area contributed by atoms with Crippen LogP contribution in [0, 0.1) is 0 Å². The summed E-state index contributed by atoms with van der Waals surface area (Å²) in [5.74, 6) is -0.149. The summed E-state index contributed by atoms with van der Waals surface area (Å²) in [6.07, 6.45) is 9.39. The smallest absolute Gasteiger partial charge is 0.332 e. The number of rotatable bonds is 0. The van der Waals surface area contributed by atoms with Crippen LogP contribution in [0.15, 0.2) is 23.8 Å². The van der Waals surface area contributed by atoms with Crippen molar-refractivity contribution in [2.45, 2.75) is 36.9 Å². The molecule has 1 spiro atoms. The van der Waals surface area contributed by atoms with Gasteiger partial charge in [-0.2, -0.15) is 0 Å². The molecule has 3 aliphatic heterocycles. The average molecular weight is 203 g/mol. The maximum Gasteiger partial charge on any atom is 0.332 e. The zero-order valence-corrected chi connectivity index (χ0v) is 8.48. The molecule has 0 amide bonds. The van der Waals surface area contributed by atoms with Crippen molar-refractivity contribution < 1.29 is 9.53 Å². The van der Waals surface area contributed by atoms with Gasteiger partial charge in [-0.1, -0.05) is 12.2 Å². The molecule has 0 unspecified atom stereocenters. The second-order valence-corrected chi connectivity index (χ2v) is 4.94. The monoisotopic (exact) mass is 203 g/mol. The van der Waals surface area contributed by atoms with Gasteiger partial charge in [0.1, 0.15) is 0 Å². The summed E-state index contributed by atoms with van der Waals surface area (Å²) in [5, 5.41) is 0. The topological polar surface area (TPSA) is 29.5 Å². The van der Waals surface area contributed by atoms with Gasteiger partial charge in [-0.05, 0) is 19.4 Å². The fourth-order valence-corrected chi connectivity index (χ4v) is 3.77. The van der Waals surface area contributed by atoms with Crippen LogP contribution >= 0.6 is 0 Å². The van der Waals surface area contributed by atoms with Gasteiger partial charge in [0.05, 0.1) is 6.04 Å². The van der Waals surface area contributed by atoms with Crippen molar-refractivity contribution in [2.24, 2.45) is 0 Å². The summed E-state index contributed by atoms with van der Waals surface area (Å²) >= 11 is 0. The second kappa shape index (κ2) is 2.35. The number of hydrogen-bond acceptors (Lipinski definition) is 3. The quantitative estimate of drug-likeness (QED) is 0.550. The average Bonchev–Trinajstić information content (AvgIpc) is 2.82. The Balaban J connectivity index is 1.89. The molecular weight excluding hydrogens is 190 g/mol. The van der Waals surface area contributed by atoms with Crippen LogP contribution in [0.25, 0.3) is 0 Å². The van der Waals surface area contributed by atoms with Crippen LogP contribution in [0.1, 0.15) is 19.3 Å². The van der Waals surface area contributed by atoms with Crippen molar-refractivity contribution in [2.75, 3.05) is 6.54 Å². The summed E-state index contributed by atoms with van der Waals surface area (Å²) in [6.45, 7) is 1.16. The number of ether oxygens (including phenoxy) is 1. The first kappa shape index (κ1) is 8.11. The number of carbonyl (C=O) groups excluding carboxylic acids is 1. The maximum atomic E-state index is 11.4.